The third-order valence-corrected chi connectivity index (χ3v) is 12.1. The summed E-state index contributed by atoms with van der Waals surface area (Å²) in [5, 5.41) is 23.9. The number of ether oxygens (including phenoxy) is 5. The first-order chi connectivity index (χ1) is 31.6. The second-order valence-electron chi connectivity index (χ2n) is 15.6. The largest absolute Gasteiger partial charge is 0.477 e. The van der Waals surface area contributed by atoms with E-state index in [0.29, 0.717) is 53.2 Å². The van der Waals surface area contributed by atoms with Crippen molar-refractivity contribution in [2.24, 2.45) is 0 Å². The number of halogens is 1. The Hall–Kier alpha value is -6.59. The van der Waals surface area contributed by atoms with E-state index < -0.39 is 35.6 Å². The second kappa shape index (κ2) is 21.8. The second-order valence-corrected chi connectivity index (χ2v) is 17.6. The van der Waals surface area contributed by atoms with Crippen LogP contribution in [0.2, 0.25) is 0 Å². The third-order valence-electron chi connectivity index (χ3n) is 9.89. The first-order valence-corrected chi connectivity index (χ1v) is 22.6. The lowest BCUT2D eigenvalue weighted by Gasteiger charge is -2.28. The molecule has 6 aromatic rings. The van der Waals surface area contributed by atoms with E-state index in [0.717, 1.165) is 69.6 Å². The Morgan fingerprint density at radius 1 is 0.657 bits per heavy atom. The lowest BCUT2D eigenvalue weighted by molar-refractivity contribution is 0.00746. The number of carbonyl (C=O) groups is 6. The number of rotatable bonds is 10. The summed E-state index contributed by atoms with van der Waals surface area (Å²) in [5.41, 5.74) is 2.18. The number of thiophene rings is 2. The number of carboxylic acids is 1. The predicted molar refractivity (Wildman–Crippen MR) is 254 cm³/mol. The molecule has 0 spiro atoms. The smallest absolute Gasteiger partial charge is 0.436 e. The number of amides is 2. The fourth-order valence-electron chi connectivity index (χ4n) is 6.80. The maximum Gasteiger partial charge on any atom is 0.436 e. The van der Waals surface area contributed by atoms with Gasteiger partial charge in [0.1, 0.15) is 25.0 Å². The molecule has 0 saturated carbocycles. The van der Waals surface area contributed by atoms with E-state index >= 15 is 0 Å². The van der Waals surface area contributed by atoms with Crippen molar-refractivity contribution in [1.29, 1.82) is 0 Å². The van der Waals surface area contributed by atoms with Gasteiger partial charge < -0.3 is 49.2 Å². The number of morpholine rings is 2. The van der Waals surface area contributed by atoms with Crippen molar-refractivity contribution in [2.75, 3.05) is 86.3 Å². The average Bonchev–Trinajstić information content (AvgIpc) is 4.09. The van der Waals surface area contributed by atoms with Gasteiger partial charge in [-0.15, -0.1) is 45.3 Å². The van der Waals surface area contributed by atoms with Crippen molar-refractivity contribution in [1.82, 2.24) is 19.6 Å². The van der Waals surface area contributed by atoms with Crippen LogP contribution < -0.4 is 20.4 Å². The lowest BCUT2D eigenvalue weighted by Crippen LogP contribution is -2.36. The van der Waals surface area contributed by atoms with Gasteiger partial charge in [-0.25, -0.2) is 19.2 Å². The number of hydrogen-bond donors (Lipinski definition) is 3. The Morgan fingerprint density at radius 2 is 1.04 bits per heavy atom. The molecule has 0 aliphatic carbocycles. The molecule has 2 fully saturated rings. The summed E-state index contributed by atoms with van der Waals surface area (Å²) in [7, 11) is 0. The number of aromatic carboxylic acids is 1. The summed E-state index contributed by atoms with van der Waals surface area (Å²) in [6, 6.07) is 17.3. The molecule has 3 N–H and O–H groups in total. The normalized spacial score (nSPS) is 13.8. The van der Waals surface area contributed by atoms with E-state index in [9.17, 15) is 33.9 Å². The highest BCUT2D eigenvalue weighted by Crippen LogP contribution is 2.34. The number of nitrogens with one attached hydrogen (secondary N) is 2. The first-order valence-electron chi connectivity index (χ1n) is 21.0. The van der Waals surface area contributed by atoms with E-state index in [1.165, 1.54) is 6.07 Å². The van der Waals surface area contributed by atoms with Crippen LogP contribution in [0.15, 0.2) is 60.7 Å². The van der Waals surface area contributed by atoms with E-state index in [4.69, 9.17) is 23.7 Å². The van der Waals surface area contributed by atoms with Gasteiger partial charge in [0.15, 0.2) is 11.6 Å². The topological polar surface area (TPSA) is 235 Å². The Bertz CT molecular complexity index is 2750. The van der Waals surface area contributed by atoms with E-state index in [-0.39, 0.29) is 57.7 Å². The highest BCUT2D eigenvalue weighted by atomic mass is 35.5. The third kappa shape index (κ3) is 11.9. The number of carboxylic acid groups (broad SMARTS) is 1. The molecule has 2 amide bonds. The monoisotopic (exact) mass is 980 g/mol. The molecule has 23 heteroatoms. The highest BCUT2D eigenvalue weighted by molar-refractivity contribution is 7.21. The summed E-state index contributed by atoms with van der Waals surface area (Å²) < 4.78 is 28.3. The molecule has 20 nitrogen and oxygen atoms in total. The van der Waals surface area contributed by atoms with Crippen LogP contribution in [0.3, 0.4) is 0 Å². The Kier molecular flexibility index (Phi) is 16.2. The van der Waals surface area contributed by atoms with Crippen LogP contribution in [0.4, 0.5) is 32.6 Å². The predicted octanol–water partition coefficient (Wildman–Crippen LogP) is 7.46. The number of nitrogens with zero attached hydrogens (tertiary/aromatic N) is 6. The van der Waals surface area contributed by atoms with E-state index in [2.05, 4.69) is 30.6 Å². The number of carbonyl (C=O) groups excluding carboxylic acids is 5. The van der Waals surface area contributed by atoms with Crippen molar-refractivity contribution in [3.8, 4) is 0 Å². The van der Waals surface area contributed by atoms with Crippen molar-refractivity contribution in [3.63, 3.8) is 0 Å². The van der Waals surface area contributed by atoms with Crippen molar-refractivity contribution in [2.45, 2.75) is 40.2 Å². The van der Waals surface area contributed by atoms with Gasteiger partial charge in [0, 0.05) is 48.7 Å². The van der Waals surface area contributed by atoms with Crippen molar-refractivity contribution < 1.29 is 57.6 Å². The van der Waals surface area contributed by atoms with Gasteiger partial charge >= 0.3 is 24.1 Å². The molecule has 2 aromatic carbocycles. The Balaban J connectivity index is 0.000000219. The molecule has 0 bridgehead atoms. The van der Waals surface area contributed by atoms with E-state index in [1.807, 2.05) is 24.3 Å². The van der Waals surface area contributed by atoms with Crippen molar-refractivity contribution >= 4 is 114 Å². The number of benzene rings is 2. The maximum absolute atomic E-state index is 13.0. The summed E-state index contributed by atoms with van der Waals surface area (Å²) in [5.74, 6) is -2.22. The number of fused-ring (bicyclic) bond motifs is 2. The molecule has 0 atom stereocenters. The molecule has 6 heterocycles. The summed E-state index contributed by atoms with van der Waals surface area (Å²) in [6.07, 6.45) is -1.45. The number of esters is 1. The van der Waals surface area contributed by atoms with Crippen LogP contribution in [0, 0.1) is 0 Å². The molecule has 356 valence electrons. The Labute approximate surface area is 398 Å². The fourth-order valence-corrected chi connectivity index (χ4v) is 8.72. The number of anilines is 4. The minimum absolute atomic E-state index is 0. The zero-order valence-corrected chi connectivity index (χ0v) is 39.6. The zero-order valence-electron chi connectivity index (χ0n) is 37.2. The van der Waals surface area contributed by atoms with Crippen LogP contribution >= 0.6 is 35.1 Å². The fraction of sp³-hybridized carbons (Fsp3) is 0.364. The van der Waals surface area contributed by atoms with Gasteiger partial charge in [-0.3, -0.25) is 9.59 Å². The Morgan fingerprint density at radius 3 is 1.42 bits per heavy atom. The minimum atomic E-state index is -1.13. The van der Waals surface area contributed by atoms with Crippen LogP contribution in [0.1, 0.15) is 74.7 Å². The zero-order chi connectivity index (χ0) is 47.1. The highest BCUT2D eigenvalue weighted by Gasteiger charge is 2.27. The van der Waals surface area contributed by atoms with Gasteiger partial charge in [-0.05, 0) is 95.3 Å². The molecule has 2 aliphatic heterocycles. The standard InChI is InChI=1S/C24H28N4O6S.C20H20N4O6S.ClH/c1-5-33-23(31)28-21-17(14-18(35-21)22(30)34-24(2,3)4)19(26-28)25-20(29)15-6-8-16(9-7-15)27-10-12-32-13-11-27;1-2-30-20(28)24-18-14(11-15(31-18)19(26)27)16(22-24)21-17(25)12-3-5-13(6-4-12)23-7-9-29-10-8-23;/h6-9,14H,5,10-13H2,1-4H3,(H,25,26,29);3-6,11H,2,7-10H2,1H3,(H,26,27)(H,21,22,25);1H. The summed E-state index contributed by atoms with van der Waals surface area (Å²) in [4.78, 5) is 79.7. The lowest BCUT2D eigenvalue weighted by atomic mass is 10.1. The molecule has 4 aromatic heterocycles. The molecule has 67 heavy (non-hydrogen) atoms. The minimum Gasteiger partial charge on any atom is -0.477 e. The summed E-state index contributed by atoms with van der Waals surface area (Å²) >= 11 is 1.93. The van der Waals surface area contributed by atoms with Gasteiger partial charge in [0.2, 0.25) is 0 Å². The molecule has 2 saturated heterocycles. The first kappa shape index (κ1) is 49.8. The van der Waals surface area contributed by atoms with E-state index in [1.54, 1.807) is 65.0 Å². The van der Waals surface area contributed by atoms with Gasteiger partial charge in [0.25, 0.3) is 11.8 Å². The van der Waals surface area contributed by atoms with Gasteiger partial charge in [-0.1, -0.05) is 0 Å². The number of hydrogen-bond acceptors (Lipinski definition) is 17. The van der Waals surface area contributed by atoms with Gasteiger partial charge in [0.05, 0.1) is 50.4 Å². The SMILES string of the molecule is CCOC(=O)n1nc(NC(=O)c2ccc(N3CCOCC3)cc2)c2cc(C(=O)O)sc21.CCOC(=O)n1nc(NC(=O)c2ccc(N3CCOCC3)cc2)c2cc(C(=O)OC(C)(C)C)sc21.Cl. The number of aromatic nitrogens is 4. The molecule has 0 unspecified atom stereocenters. The summed E-state index contributed by atoms with van der Waals surface area (Å²) in [6.45, 7) is 14.8. The quantitative estimate of drug-likeness (QED) is 0.0892. The molecule has 8 rings (SSSR count). The molecule has 2 aliphatic rings. The van der Waals surface area contributed by atoms with Crippen LogP contribution in [0.5, 0.6) is 0 Å². The van der Waals surface area contributed by atoms with Gasteiger partial charge in [-0.2, -0.15) is 9.36 Å². The van der Waals surface area contributed by atoms with Crippen molar-refractivity contribution in [3.05, 3.63) is 81.5 Å². The molecule has 0 radical (unpaired) electrons. The maximum atomic E-state index is 13.0. The van der Waals surface area contributed by atoms with Crippen LogP contribution in [-0.2, 0) is 23.7 Å². The average molecular weight is 982 g/mol. The van der Waals surface area contributed by atoms with Crippen LogP contribution in [-0.4, -0.2) is 132 Å². The molecular formula is C44H49ClN8O12S2. The molecular weight excluding hydrogens is 932 g/mol. The van der Waals surface area contributed by atoms with Crippen LogP contribution in [0.25, 0.3) is 20.4 Å².